The topological polar surface area (TPSA) is 21.3 Å². The van der Waals surface area contributed by atoms with Gasteiger partial charge in [0.1, 0.15) is 17.2 Å². The van der Waals surface area contributed by atoms with E-state index in [2.05, 4.69) is 25.2 Å². The van der Waals surface area contributed by atoms with Gasteiger partial charge in [0.05, 0.1) is 6.04 Å². The van der Waals surface area contributed by atoms with Crippen molar-refractivity contribution >= 4 is 0 Å². The Morgan fingerprint density at radius 3 is 2.67 bits per heavy atom. The fourth-order valence-corrected chi connectivity index (χ4v) is 2.94. The van der Waals surface area contributed by atoms with E-state index < -0.39 is 0 Å². The van der Waals surface area contributed by atoms with Crippen LogP contribution in [0.4, 0.5) is 4.39 Å². The predicted molar refractivity (Wildman–Crippen MR) is 81.8 cm³/mol. The molecule has 21 heavy (non-hydrogen) atoms. The van der Waals surface area contributed by atoms with Crippen molar-refractivity contribution in [1.82, 2.24) is 5.32 Å². The largest absolute Gasteiger partial charge is 0.486 e. The van der Waals surface area contributed by atoms with E-state index in [0.29, 0.717) is 0 Å². The van der Waals surface area contributed by atoms with Crippen LogP contribution in [-0.4, -0.2) is 5.60 Å². The SMILES string of the molecule is CC(NC1c2ccccc2OC1(C)C)c1cccc(F)c1. The fourth-order valence-electron chi connectivity index (χ4n) is 2.94. The van der Waals surface area contributed by atoms with Crippen LogP contribution in [0.5, 0.6) is 5.75 Å². The van der Waals surface area contributed by atoms with E-state index in [4.69, 9.17) is 4.74 Å². The molecule has 0 fully saturated rings. The van der Waals surface area contributed by atoms with Gasteiger partial charge in [-0.15, -0.1) is 0 Å². The molecule has 1 aliphatic heterocycles. The molecule has 1 aliphatic rings. The predicted octanol–water partition coefficient (Wildman–Crippen LogP) is 4.39. The van der Waals surface area contributed by atoms with Crippen LogP contribution in [0.3, 0.4) is 0 Å². The fraction of sp³-hybridized carbons (Fsp3) is 0.333. The Morgan fingerprint density at radius 2 is 1.90 bits per heavy atom. The van der Waals surface area contributed by atoms with Crippen molar-refractivity contribution in [1.29, 1.82) is 0 Å². The zero-order valence-corrected chi connectivity index (χ0v) is 12.6. The summed E-state index contributed by atoms with van der Waals surface area (Å²) in [4.78, 5) is 0. The van der Waals surface area contributed by atoms with E-state index in [1.54, 1.807) is 12.1 Å². The number of fused-ring (bicyclic) bond motifs is 1. The molecule has 0 spiro atoms. The molecule has 2 atom stereocenters. The van der Waals surface area contributed by atoms with E-state index in [1.165, 1.54) is 6.07 Å². The monoisotopic (exact) mass is 285 g/mol. The van der Waals surface area contributed by atoms with Gasteiger partial charge in [-0.25, -0.2) is 4.39 Å². The molecule has 0 aliphatic carbocycles. The van der Waals surface area contributed by atoms with Gasteiger partial charge in [0.25, 0.3) is 0 Å². The molecule has 2 nitrogen and oxygen atoms in total. The van der Waals surface area contributed by atoms with Gasteiger partial charge in [-0.05, 0) is 44.5 Å². The molecule has 3 heteroatoms. The first-order valence-electron chi connectivity index (χ1n) is 7.27. The van der Waals surface area contributed by atoms with Crippen LogP contribution in [0.25, 0.3) is 0 Å². The van der Waals surface area contributed by atoms with Crippen molar-refractivity contribution < 1.29 is 9.13 Å². The second-order valence-corrected chi connectivity index (χ2v) is 6.12. The van der Waals surface area contributed by atoms with Gasteiger partial charge in [-0.3, -0.25) is 5.32 Å². The summed E-state index contributed by atoms with van der Waals surface area (Å²) in [6.07, 6.45) is 0. The molecular formula is C18H20FNO. The van der Waals surface area contributed by atoms with E-state index in [9.17, 15) is 4.39 Å². The number of hydrogen-bond donors (Lipinski definition) is 1. The summed E-state index contributed by atoms with van der Waals surface area (Å²) in [6.45, 7) is 6.19. The molecule has 2 aromatic rings. The second kappa shape index (κ2) is 5.15. The molecule has 0 saturated heterocycles. The van der Waals surface area contributed by atoms with Gasteiger partial charge in [-0.1, -0.05) is 30.3 Å². The molecule has 110 valence electrons. The maximum absolute atomic E-state index is 13.4. The molecule has 2 aromatic carbocycles. The van der Waals surface area contributed by atoms with E-state index in [1.807, 2.05) is 31.2 Å². The highest BCUT2D eigenvalue weighted by Gasteiger charge is 2.41. The van der Waals surface area contributed by atoms with Gasteiger partial charge in [0.2, 0.25) is 0 Å². The van der Waals surface area contributed by atoms with Gasteiger partial charge < -0.3 is 4.74 Å². The summed E-state index contributed by atoms with van der Waals surface area (Å²) in [5, 5.41) is 3.58. The van der Waals surface area contributed by atoms with Gasteiger partial charge >= 0.3 is 0 Å². The smallest absolute Gasteiger partial charge is 0.125 e. The Balaban J connectivity index is 1.87. The van der Waals surface area contributed by atoms with Gasteiger partial charge in [0.15, 0.2) is 0 Å². The molecule has 0 amide bonds. The van der Waals surface area contributed by atoms with Gasteiger partial charge in [-0.2, -0.15) is 0 Å². The molecule has 3 rings (SSSR count). The molecule has 0 radical (unpaired) electrons. The standard InChI is InChI=1S/C18H20FNO/c1-12(13-7-6-8-14(19)11-13)20-17-15-9-4-5-10-16(15)21-18(17,2)3/h4-12,17,20H,1-3H3. The lowest BCUT2D eigenvalue weighted by Crippen LogP contribution is -2.40. The molecule has 0 saturated carbocycles. The van der Waals surface area contributed by atoms with E-state index >= 15 is 0 Å². The highest BCUT2D eigenvalue weighted by molar-refractivity contribution is 5.42. The number of hydrogen-bond acceptors (Lipinski definition) is 2. The van der Waals surface area contributed by atoms with Crippen LogP contribution in [0.2, 0.25) is 0 Å². The minimum Gasteiger partial charge on any atom is -0.486 e. The normalized spacial score (nSPS) is 20.7. The second-order valence-electron chi connectivity index (χ2n) is 6.12. The Hall–Kier alpha value is -1.87. The first-order valence-corrected chi connectivity index (χ1v) is 7.27. The zero-order chi connectivity index (χ0) is 15.0. The molecular weight excluding hydrogens is 265 g/mol. The minimum absolute atomic E-state index is 0.0414. The summed E-state index contributed by atoms with van der Waals surface area (Å²) < 4.78 is 19.4. The maximum Gasteiger partial charge on any atom is 0.125 e. The summed E-state index contributed by atoms with van der Waals surface area (Å²) in [5.74, 6) is 0.718. The molecule has 0 bridgehead atoms. The summed E-state index contributed by atoms with van der Waals surface area (Å²) in [5.41, 5.74) is 1.77. The summed E-state index contributed by atoms with van der Waals surface area (Å²) in [7, 11) is 0. The first-order chi connectivity index (χ1) is 9.97. The lowest BCUT2D eigenvalue weighted by atomic mass is 9.93. The first kappa shape index (κ1) is 14.1. The summed E-state index contributed by atoms with van der Waals surface area (Å²) >= 11 is 0. The van der Waals surface area contributed by atoms with E-state index in [-0.39, 0.29) is 23.5 Å². The Bertz CT molecular complexity index is 653. The number of rotatable bonds is 3. The number of nitrogens with one attached hydrogen (secondary N) is 1. The highest BCUT2D eigenvalue weighted by atomic mass is 19.1. The van der Waals surface area contributed by atoms with Crippen LogP contribution in [-0.2, 0) is 0 Å². The minimum atomic E-state index is -0.328. The quantitative estimate of drug-likeness (QED) is 0.903. The molecule has 1 N–H and O–H groups in total. The Morgan fingerprint density at radius 1 is 1.14 bits per heavy atom. The average molecular weight is 285 g/mol. The third kappa shape index (κ3) is 2.66. The van der Waals surface area contributed by atoms with Crippen molar-refractivity contribution in [2.24, 2.45) is 0 Å². The van der Waals surface area contributed by atoms with Crippen LogP contribution < -0.4 is 10.1 Å². The lowest BCUT2D eigenvalue weighted by Gasteiger charge is -2.30. The average Bonchev–Trinajstić information content (AvgIpc) is 2.69. The zero-order valence-electron chi connectivity index (χ0n) is 12.6. The number of benzene rings is 2. The van der Waals surface area contributed by atoms with Crippen LogP contribution in [0.15, 0.2) is 48.5 Å². The van der Waals surface area contributed by atoms with Crippen LogP contribution >= 0.6 is 0 Å². The Kier molecular flexibility index (Phi) is 3.46. The van der Waals surface area contributed by atoms with Crippen molar-refractivity contribution in [3.8, 4) is 5.75 Å². The summed E-state index contributed by atoms with van der Waals surface area (Å²) in [6, 6.07) is 14.9. The Labute approximate surface area is 125 Å². The number of halogens is 1. The van der Waals surface area contributed by atoms with Crippen molar-refractivity contribution in [2.75, 3.05) is 0 Å². The van der Waals surface area contributed by atoms with Crippen molar-refractivity contribution in [3.63, 3.8) is 0 Å². The van der Waals surface area contributed by atoms with E-state index in [0.717, 1.165) is 16.9 Å². The highest BCUT2D eigenvalue weighted by Crippen LogP contribution is 2.43. The maximum atomic E-state index is 13.4. The lowest BCUT2D eigenvalue weighted by molar-refractivity contribution is 0.0919. The van der Waals surface area contributed by atoms with Crippen LogP contribution in [0, 0.1) is 5.82 Å². The van der Waals surface area contributed by atoms with Crippen molar-refractivity contribution in [3.05, 3.63) is 65.5 Å². The molecule has 2 unspecified atom stereocenters. The van der Waals surface area contributed by atoms with Crippen molar-refractivity contribution in [2.45, 2.75) is 38.5 Å². The number of para-hydroxylation sites is 1. The molecule has 0 aromatic heterocycles. The van der Waals surface area contributed by atoms with Gasteiger partial charge in [0, 0.05) is 11.6 Å². The van der Waals surface area contributed by atoms with Crippen LogP contribution in [0.1, 0.15) is 44.0 Å². The number of ether oxygens (including phenoxy) is 1. The molecule has 1 heterocycles. The third-order valence-corrected chi connectivity index (χ3v) is 4.06. The third-order valence-electron chi connectivity index (χ3n) is 4.06.